The summed E-state index contributed by atoms with van der Waals surface area (Å²) >= 11 is 0. The van der Waals surface area contributed by atoms with E-state index in [-0.39, 0.29) is 11.8 Å². The molecule has 1 amide bonds. The summed E-state index contributed by atoms with van der Waals surface area (Å²) < 4.78 is 5.73. The summed E-state index contributed by atoms with van der Waals surface area (Å²) in [5.41, 5.74) is 1.91. The van der Waals surface area contributed by atoms with E-state index in [0.29, 0.717) is 13.2 Å². The second-order valence-corrected chi connectivity index (χ2v) is 5.28. The van der Waals surface area contributed by atoms with Crippen LogP contribution in [0, 0.1) is 5.92 Å². The van der Waals surface area contributed by atoms with E-state index in [1.54, 1.807) is 6.20 Å². The van der Waals surface area contributed by atoms with Gasteiger partial charge in [0.1, 0.15) is 12.4 Å². The van der Waals surface area contributed by atoms with E-state index in [0.717, 1.165) is 23.4 Å². The average Bonchev–Trinajstić information content (AvgIpc) is 2.58. The van der Waals surface area contributed by atoms with Crippen molar-refractivity contribution in [3.8, 4) is 5.75 Å². The molecule has 1 aromatic heterocycles. The Morgan fingerprint density at radius 1 is 1.27 bits per heavy atom. The molecule has 0 unspecified atom stereocenters. The predicted molar refractivity (Wildman–Crippen MR) is 86.3 cm³/mol. The standard InChI is InChI=1S/C18H22N2O2/c1-3-14(2)18(21)20-12-15-7-6-9-17(11-15)22-13-16-8-4-5-10-19-16/h4-11,14H,3,12-13H2,1-2H3,(H,20,21)/t14-/m1/s1. The van der Waals surface area contributed by atoms with Gasteiger partial charge in [-0.3, -0.25) is 9.78 Å². The first kappa shape index (κ1) is 16.0. The predicted octanol–water partition coefficient (Wildman–Crippen LogP) is 3.32. The molecule has 116 valence electrons. The molecule has 0 bridgehead atoms. The third-order valence-electron chi connectivity index (χ3n) is 3.54. The van der Waals surface area contributed by atoms with Gasteiger partial charge in [-0.2, -0.15) is 0 Å². The van der Waals surface area contributed by atoms with E-state index < -0.39 is 0 Å². The SMILES string of the molecule is CC[C@@H](C)C(=O)NCc1cccc(OCc2ccccn2)c1. The molecule has 0 fully saturated rings. The van der Waals surface area contributed by atoms with Crippen molar-refractivity contribution in [3.05, 3.63) is 59.9 Å². The highest BCUT2D eigenvalue weighted by Crippen LogP contribution is 2.15. The second-order valence-electron chi connectivity index (χ2n) is 5.28. The van der Waals surface area contributed by atoms with Gasteiger partial charge in [0.2, 0.25) is 5.91 Å². The lowest BCUT2D eigenvalue weighted by atomic mass is 10.1. The first-order valence-electron chi connectivity index (χ1n) is 7.58. The molecule has 1 heterocycles. The number of pyridine rings is 1. The number of amides is 1. The van der Waals surface area contributed by atoms with Crippen molar-refractivity contribution in [3.63, 3.8) is 0 Å². The molecule has 0 spiro atoms. The third-order valence-corrected chi connectivity index (χ3v) is 3.54. The number of rotatable bonds is 7. The average molecular weight is 298 g/mol. The Balaban J connectivity index is 1.88. The van der Waals surface area contributed by atoms with E-state index in [9.17, 15) is 4.79 Å². The maximum absolute atomic E-state index is 11.8. The molecule has 2 aromatic rings. The maximum atomic E-state index is 11.8. The molecule has 0 saturated carbocycles. The number of aromatic nitrogens is 1. The van der Waals surface area contributed by atoms with E-state index in [1.165, 1.54) is 0 Å². The Hall–Kier alpha value is -2.36. The quantitative estimate of drug-likeness (QED) is 0.853. The number of benzene rings is 1. The summed E-state index contributed by atoms with van der Waals surface area (Å²) in [5.74, 6) is 0.909. The fraction of sp³-hybridized carbons (Fsp3) is 0.333. The van der Waals surface area contributed by atoms with E-state index >= 15 is 0 Å². The van der Waals surface area contributed by atoms with Crippen LogP contribution in [0.4, 0.5) is 0 Å². The zero-order chi connectivity index (χ0) is 15.8. The van der Waals surface area contributed by atoms with Gasteiger partial charge in [-0.1, -0.05) is 32.0 Å². The van der Waals surface area contributed by atoms with Crippen molar-refractivity contribution in [1.29, 1.82) is 0 Å². The largest absolute Gasteiger partial charge is 0.487 e. The van der Waals surface area contributed by atoms with Crippen LogP contribution >= 0.6 is 0 Å². The normalized spacial score (nSPS) is 11.7. The van der Waals surface area contributed by atoms with Crippen LogP contribution < -0.4 is 10.1 Å². The molecule has 0 radical (unpaired) electrons. The van der Waals surface area contributed by atoms with Gasteiger partial charge in [-0.15, -0.1) is 0 Å². The van der Waals surface area contributed by atoms with Crippen LogP contribution in [0.3, 0.4) is 0 Å². The fourth-order valence-corrected chi connectivity index (χ4v) is 1.93. The van der Waals surface area contributed by atoms with Crippen molar-refractivity contribution in [2.75, 3.05) is 0 Å². The highest BCUT2D eigenvalue weighted by molar-refractivity contribution is 5.78. The van der Waals surface area contributed by atoms with Crippen molar-refractivity contribution >= 4 is 5.91 Å². The first-order valence-corrected chi connectivity index (χ1v) is 7.58. The lowest BCUT2D eigenvalue weighted by Gasteiger charge is -2.11. The van der Waals surface area contributed by atoms with Crippen LogP contribution in [0.25, 0.3) is 0 Å². The molecule has 1 aromatic carbocycles. The van der Waals surface area contributed by atoms with Gasteiger partial charge in [-0.05, 0) is 36.2 Å². The molecule has 4 heteroatoms. The summed E-state index contributed by atoms with van der Waals surface area (Å²) in [6.45, 7) is 4.89. The number of hydrogen-bond donors (Lipinski definition) is 1. The van der Waals surface area contributed by atoms with Gasteiger partial charge >= 0.3 is 0 Å². The van der Waals surface area contributed by atoms with Gasteiger partial charge in [0.25, 0.3) is 0 Å². The number of ether oxygens (including phenoxy) is 1. The minimum atomic E-state index is 0.0450. The van der Waals surface area contributed by atoms with Crippen LogP contribution in [-0.4, -0.2) is 10.9 Å². The van der Waals surface area contributed by atoms with Crippen LogP contribution in [-0.2, 0) is 17.9 Å². The minimum Gasteiger partial charge on any atom is -0.487 e. The van der Waals surface area contributed by atoms with Gasteiger partial charge in [0, 0.05) is 18.7 Å². The Labute approximate surface area is 131 Å². The zero-order valence-corrected chi connectivity index (χ0v) is 13.1. The van der Waals surface area contributed by atoms with Crippen molar-refractivity contribution in [2.45, 2.75) is 33.4 Å². The van der Waals surface area contributed by atoms with Crippen LogP contribution in [0.1, 0.15) is 31.5 Å². The van der Waals surface area contributed by atoms with Crippen molar-refractivity contribution in [2.24, 2.45) is 5.92 Å². The summed E-state index contributed by atoms with van der Waals surface area (Å²) in [4.78, 5) is 16.0. The van der Waals surface area contributed by atoms with Crippen LogP contribution in [0.2, 0.25) is 0 Å². The summed E-state index contributed by atoms with van der Waals surface area (Å²) in [6, 6.07) is 13.5. The van der Waals surface area contributed by atoms with E-state index in [2.05, 4.69) is 10.3 Å². The summed E-state index contributed by atoms with van der Waals surface area (Å²) in [5, 5.41) is 2.94. The van der Waals surface area contributed by atoms with Gasteiger partial charge in [-0.25, -0.2) is 0 Å². The number of nitrogens with zero attached hydrogens (tertiary/aromatic N) is 1. The molecule has 22 heavy (non-hydrogen) atoms. The minimum absolute atomic E-state index is 0.0450. The molecule has 0 saturated heterocycles. The smallest absolute Gasteiger partial charge is 0.223 e. The number of carbonyl (C=O) groups excluding carboxylic acids is 1. The number of hydrogen-bond acceptors (Lipinski definition) is 3. The van der Waals surface area contributed by atoms with Crippen LogP contribution in [0.5, 0.6) is 5.75 Å². The number of carbonyl (C=O) groups is 1. The molecule has 2 rings (SSSR count). The molecular formula is C18H22N2O2. The maximum Gasteiger partial charge on any atom is 0.223 e. The molecule has 0 aliphatic rings. The van der Waals surface area contributed by atoms with E-state index in [4.69, 9.17) is 4.74 Å². The Bertz CT molecular complexity index is 599. The molecule has 0 aliphatic carbocycles. The highest BCUT2D eigenvalue weighted by atomic mass is 16.5. The van der Waals surface area contributed by atoms with Gasteiger partial charge in [0.05, 0.1) is 5.69 Å². The Morgan fingerprint density at radius 3 is 2.86 bits per heavy atom. The summed E-state index contributed by atoms with van der Waals surface area (Å²) in [6.07, 6.45) is 2.60. The van der Waals surface area contributed by atoms with E-state index in [1.807, 2.05) is 56.3 Å². The molecule has 1 atom stereocenters. The van der Waals surface area contributed by atoms with Gasteiger partial charge in [0.15, 0.2) is 0 Å². The fourth-order valence-electron chi connectivity index (χ4n) is 1.93. The Kier molecular flexibility index (Phi) is 5.95. The highest BCUT2D eigenvalue weighted by Gasteiger charge is 2.09. The molecular weight excluding hydrogens is 276 g/mol. The van der Waals surface area contributed by atoms with Crippen molar-refractivity contribution < 1.29 is 9.53 Å². The zero-order valence-electron chi connectivity index (χ0n) is 13.1. The molecule has 0 aliphatic heterocycles. The lowest BCUT2D eigenvalue weighted by Crippen LogP contribution is -2.28. The second kappa shape index (κ2) is 8.17. The monoisotopic (exact) mass is 298 g/mol. The molecule has 4 nitrogen and oxygen atoms in total. The Morgan fingerprint density at radius 2 is 2.14 bits per heavy atom. The molecule has 1 N–H and O–H groups in total. The van der Waals surface area contributed by atoms with Crippen LogP contribution in [0.15, 0.2) is 48.7 Å². The first-order chi connectivity index (χ1) is 10.7. The summed E-state index contributed by atoms with van der Waals surface area (Å²) in [7, 11) is 0. The number of nitrogens with one attached hydrogen (secondary N) is 1. The van der Waals surface area contributed by atoms with Crippen molar-refractivity contribution in [1.82, 2.24) is 10.3 Å². The topological polar surface area (TPSA) is 51.2 Å². The lowest BCUT2D eigenvalue weighted by molar-refractivity contribution is -0.124. The van der Waals surface area contributed by atoms with Gasteiger partial charge < -0.3 is 10.1 Å². The third kappa shape index (κ3) is 4.88.